The molecule has 1 aromatic carbocycles. The first-order chi connectivity index (χ1) is 10.8. The molecule has 0 saturated heterocycles. The summed E-state index contributed by atoms with van der Waals surface area (Å²) in [5, 5.41) is 12.7. The topological polar surface area (TPSA) is 82.2 Å². The van der Waals surface area contributed by atoms with Gasteiger partial charge in [0.25, 0.3) is 5.91 Å². The highest BCUT2D eigenvalue weighted by molar-refractivity contribution is 5.99. The smallest absolute Gasteiger partial charge is 0.268 e. The zero-order valence-corrected chi connectivity index (χ0v) is 12.6. The molecule has 2 aromatic rings. The predicted molar refractivity (Wildman–Crippen MR) is 79.0 cm³/mol. The van der Waals surface area contributed by atoms with Gasteiger partial charge < -0.3 is 15.4 Å². The summed E-state index contributed by atoms with van der Waals surface area (Å²) < 4.78 is 26.1. The number of benzene rings is 1. The van der Waals surface area contributed by atoms with Crippen LogP contribution in [-0.4, -0.2) is 27.8 Å². The van der Waals surface area contributed by atoms with Gasteiger partial charge in [0.1, 0.15) is 5.69 Å². The van der Waals surface area contributed by atoms with E-state index in [2.05, 4.69) is 10.3 Å². The summed E-state index contributed by atoms with van der Waals surface area (Å²) in [6.07, 6.45) is 0.199. The fourth-order valence-corrected chi connectivity index (χ4v) is 2.08. The van der Waals surface area contributed by atoms with Gasteiger partial charge in [-0.2, -0.15) is 0 Å². The summed E-state index contributed by atoms with van der Waals surface area (Å²) in [4.78, 5) is 25.9. The summed E-state index contributed by atoms with van der Waals surface area (Å²) in [7, 11) is 0. The molecule has 122 valence electrons. The highest BCUT2D eigenvalue weighted by atomic mass is 19.2. The Kier molecular flexibility index (Phi) is 4.90. The number of rotatable bonds is 5. The van der Waals surface area contributed by atoms with Crippen molar-refractivity contribution in [3.05, 3.63) is 58.9 Å². The predicted octanol–water partition coefficient (Wildman–Crippen LogP) is 2.35. The van der Waals surface area contributed by atoms with Crippen molar-refractivity contribution < 1.29 is 23.5 Å². The number of aliphatic hydroxyl groups excluding tert-OH is 1. The maximum atomic E-state index is 13.2. The summed E-state index contributed by atoms with van der Waals surface area (Å²) in [5.41, 5.74) is 0.677. The van der Waals surface area contributed by atoms with Crippen molar-refractivity contribution in [2.45, 2.75) is 26.0 Å². The number of hydrogen-bond acceptors (Lipinski definition) is 3. The van der Waals surface area contributed by atoms with Crippen LogP contribution in [0.25, 0.3) is 0 Å². The number of aromatic nitrogens is 1. The van der Waals surface area contributed by atoms with Gasteiger partial charge in [0.15, 0.2) is 17.4 Å². The quantitative estimate of drug-likeness (QED) is 0.739. The van der Waals surface area contributed by atoms with Gasteiger partial charge in [0.05, 0.1) is 12.1 Å². The lowest BCUT2D eigenvalue weighted by Gasteiger charge is -2.20. The van der Waals surface area contributed by atoms with Gasteiger partial charge in [-0.15, -0.1) is 0 Å². The van der Waals surface area contributed by atoms with Gasteiger partial charge in [0, 0.05) is 11.8 Å². The number of hydrogen-bond donors (Lipinski definition) is 3. The first-order valence-electron chi connectivity index (χ1n) is 6.93. The number of halogens is 2. The average Bonchev–Trinajstić information content (AvgIpc) is 2.99. The minimum absolute atomic E-state index is 0.146. The van der Waals surface area contributed by atoms with Crippen LogP contribution in [0.4, 0.5) is 8.78 Å². The van der Waals surface area contributed by atoms with E-state index in [1.807, 2.05) is 0 Å². The third-order valence-corrected chi connectivity index (χ3v) is 3.45. The summed E-state index contributed by atoms with van der Waals surface area (Å²) in [6.45, 7) is 2.90. The molecule has 0 aliphatic rings. The minimum atomic E-state index is -1.21. The van der Waals surface area contributed by atoms with Crippen molar-refractivity contribution >= 4 is 11.7 Å². The maximum absolute atomic E-state index is 13.2. The Morgan fingerprint density at radius 1 is 1.22 bits per heavy atom. The highest BCUT2D eigenvalue weighted by Crippen LogP contribution is 2.19. The Hall–Kier alpha value is -2.54. The summed E-state index contributed by atoms with van der Waals surface area (Å²) in [6, 6.07) is 3.68. The molecule has 2 rings (SSSR count). The van der Waals surface area contributed by atoms with Crippen LogP contribution in [0.5, 0.6) is 0 Å². The van der Waals surface area contributed by atoms with Gasteiger partial charge in [-0.1, -0.05) is 6.07 Å². The largest absolute Gasteiger partial charge is 0.386 e. The third-order valence-electron chi connectivity index (χ3n) is 3.45. The Bertz CT molecular complexity index is 743. The minimum Gasteiger partial charge on any atom is -0.386 e. The van der Waals surface area contributed by atoms with E-state index >= 15 is 0 Å². The normalized spacial score (nSPS) is 13.4. The molecule has 5 nitrogen and oxygen atoms in total. The molecule has 0 saturated carbocycles. The van der Waals surface area contributed by atoms with Crippen LogP contribution in [0.15, 0.2) is 30.5 Å². The lowest BCUT2D eigenvalue weighted by Crippen LogP contribution is -2.37. The SMILES string of the molecule is CC(=O)c1c[nH]c(C(=O)NC(C)C(O)c2ccc(F)c(F)c2)c1. The van der Waals surface area contributed by atoms with Crippen molar-refractivity contribution in [2.75, 3.05) is 0 Å². The van der Waals surface area contributed by atoms with Crippen molar-refractivity contribution in [3.63, 3.8) is 0 Å². The molecule has 1 amide bonds. The molecular weight excluding hydrogens is 306 g/mol. The zero-order chi connectivity index (χ0) is 17.1. The Morgan fingerprint density at radius 2 is 1.91 bits per heavy atom. The number of carbonyl (C=O) groups excluding carboxylic acids is 2. The molecule has 3 N–H and O–H groups in total. The molecule has 7 heteroatoms. The van der Waals surface area contributed by atoms with Crippen molar-refractivity contribution in [1.29, 1.82) is 0 Å². The molecule has 0 aliphatic heterocycles. The monoisotopic (exact) mass is 322 g/mol. The molecule has 23 heavy (non-hydrogen) atoms. The van der Waals surface area contributed by atoms with Gasteiger partial charge in [-0.05, 0) is 37.6 Å². The van der Waals surface area contributed by atoms with Crippen LogP contribution >= 0.6 is 0 Å². The number of aromatic amines is 1. The number of amides is 1. The fourth-order valence-electron chi connectivity index (χ4n) is 2.08. The third kappa shape index (κ3) is 3.81. The van der Waals surface area contributed by atoms with Gasteiger partial charge in [-0.25, -0.2) is 8.78 Å². The van der Waals surface area contributed by atoms with Crippen LogP contribution in [0.2, 0.25) is 0 Å². The molecule has 0 spiro atoms. The van der Waals surface area contributed by atoms with E-state index in [1.54, 1.807) is 0 Å². The molecule has 0 radical (unpaired) electrons. The van der Waals surface area contributed by atoms with Crippen LogP contribution in [0, 0.1) is 11.6 Å². The first-order valence-corrected chi connectivity index (χ1v) is 6.93. The highest BCUT2D eigenvalue weighted by Gasteiger charge is 2.21. The average molecular weight is 322 g/mol. The molecule has 0 bridgehead atoms. The second-order valence-corrected chi connectivity index (χ2v) is 5.24. The Balaban J connectivity index is 2.07. The second kappa shape index (κ2) is 6.70. The standard InChI is InChI=1S/C16H16F2N2O3/c1-8(15(22)10-3-4-12(17)13(18)5-10)20-16(23)14-6-11(7-19-14)9(2)21/h3-8,15,19,22H,1-2H3,(H,20,23). The van der Waals surface area contributed by atoms with Gasteiger partial charge in [-0.3, -0.25) is 9.59 Å². The molecule has 0 fully saturated rings. The number of carbonyl (C=O) groups is 2. The molecule has 0 aliphatic carbocycles. The lowest BCUT2D eigenvalue weighted by molar-refractivity contribution is 0.0847. The molecule has 2 unspecified atom stereocenters. The number of aliphatic hydroxyl groups is 1. The van der Waals surface area contributed by atoms with Crippen molar-refractivity contribution in [3.8, 4) is 0 Å². The zero-order valence-electron chi connectivity index (χ0n) is 12.6. The van der Waals surface area contributed by atoms with Crippen LogP contribution in [-0.2, 0) is 0 Å². The first kappa shape index (κ1) is 16.8. The molecule has 2 atom stereocenters. The van der Waals surface area contributed by atoms with Crippen molar-refractivity contribution in [1.82, 2.24) is 10.3 Å². The van der Waals surface area contributed by atoms with Crippen LogP contribution in [0.1, 0.15) is 46.4 Å². The van der Waals surface area contributed by atoms with Crippen LogP contribution in [0.3, 0.4) is 0 Å². The summed E-state index contributed by atoms with van der Waals surface area (Å²) >= 11 is 0. The maximum Gasteiger partial charge on any atom is 0.268 e. The van der Waals surface area contributed by atoms with E-state index in [-0.39, 0.29) is 17.0 Å². The fraction of sp³-hybridized carbons (Fsp3) is 0.250. The van der Waals surface area contributed by atoms with Gasteiger partial charge >= 0.3 is 0 Å². The van der Waals surface area contributed by atoms with Crippen LogP contribution < -0.4 is 5.32 Å². The Morgan fingerprint density at radius 3 is 2.48 bits per heavy atom. The van der Waals surface area contributed by atoms with E-state index in [4.69, 9.17) is 0 Å². The van der Waals surface area contributed by atoms with E-state index in [1.165, 1.54) is 32.2 Å². The number of Topliss-reactive ketones (excluding diaryl/α,β-unsaturated/α-hetero) is 1. The Labute approximate surface area is 131 Å². The van der Waals surface area contributed by atoms with Gasteiger partial charge in [0.2, 0.25) is 0 Å². The van der Waals surface area contributed by atoms with E-state index in [0.717, 1.165) is 12.1 Å². The molecular formula is C16H16F2N2O3. The lowest BCUT2D eigenvalue weighted by atomic mass is 10.0. The molecule has 1 aromatic heterocycles. The van der Waals surface area contributed by atoms with E-state index in [9.17, 15) is 23.5 Å². The van der Waals surface area contributed by atoms with E-state index in [0.29, 0.717) is 5.56 Å². The number of ketones is 1. The number of nitrogens with one attached hydrogen (secondary N) is 2. The molecule has 1 heterocycles. The van der Waals surface area contributed by atoms with Crippen molar-refractivity contribution in [2.24, 2.45) is 0 Å². The summed E-state index contributed by atoms with van der Waals surface area (Å²) in [5.74, 6) is -2.79. The van der Waals surface area contributed by atoms with E-state index < -0.39 is 29.7 Å². The second-order valence-electron chi connectivity index (χ2n) is 5.24. The number of H-pyrrole nitrogens is 1.